The summed E-state index contributed by atoms with van der Waals surface area (Å²) < 4.78 is 10.7. The highest BCUT2D eigenvalue weighted by molar-refractivity contribution is 5.81. The molecule has 0 saturated heterocycles. The van der Waals surface area contributed by atoms with Gasteiger partial charge in [-0.2, -0.15) is 0 Å². The van der Waals surface area contributed by atoms with Gasteiger partial charge in [0.15, 0.2) is 0 Å². The largest absolute Gasteiger partial charge is 0.489 e. The molecule has 18 heavy (non-hydrogen) atoms. The Morgan fingerprint density at radius 1 is 1.33 bits per heavy atom. The maximum atomic E-state index is 11.3. The van der Waals surface area contributed by atoms with Crippen LogP contribution in [-0.2, 0) is 0 Å². The molecule has 94 valence electrons. The topological polar surface area (TPSA) is 39.4 Å². The average molecular weight is 244 g/mol. The SMILES string of the molecule is CC(C)=CCOc1ccc2c(C)cc(=O)oc2c1. The quantitative estimate of drug-likeness (QED) is 0.613. The van der Waals surface area contributed by atoms with E-state index in [9.17, 15) is 4.79 Å². The molecule has 3 heteroatoms. The normalized spacial score (nSPS) is 10.4. The summed E-state index contributed by atoms with van der Waals surface area (Å²) in [5.41, 5.74) is 2.35. The first-order valence-corrected chi connectivity index (χ1v) is 5.87. The molecule has 1 heterocycles. The molecule has 0 radical (unpaired) electrons. The van der Waals surface area contributed by atoms with Gasteiger partial charge in [0.05, 0.1) is 0 Å². The van der Waals surface area contributed by atoms with Gasteiger partial charge in [0, 0.05) is 17.5 Å². The maximum absolute atomic E-state index is 11.3. The Balaban J connectivity index is 2.32. The van der Waals surface area contributed by atoms with Crippen molar-refractivity contribution in [3.05, 3.63) is 51.9 Å². The molecule has 0 bridgehead atoms. The molecule has 2 aromatic rings. The number of allylic oxidation sites excluding steroid dienone is 1. The van der Waals surface area contributed by atoms with E-state index in [1.54, 1.807) is 6.07 Å². The van der Waals surface area contributed by atoms with Crippen molar-refractivity contribution in [2.24, 2.45) is 0 Å². The molecule has 0 aliphatic carbocycles. The van der Waals surface area contributed by atoms with E-state index < -0.39 is 0 Å². The molecule has 0 fully saturated rings. The first kappa shape index (κ1) is 12.4. The van der Waals surface area contributed by atoms with Gasteiger partial charge in [-0.05, 0) is 44.5 Å². The van der Waals surface area contributed by atoms with Gasteiger partial charge in [-0.3, -0.25) is 0 Å². The Hall–Kier alpha value is -2.03. The molecule has 3 nitrogen and oxygen atoms in total. The number of ether oxygens (including phenoxy) is 1. The van der Waals surface area contributed by atoms with Crippen LogP contribution in [0.2, 0.25) is 0 Å². The lowest BCUT2D eigenvalue weighted by atomic mass is 10.1. The lowest BCUT2D eigenvalue weighted by molar-refractivity contribution is 0.361. The summed E-state index contributed by atoms with van der Waals surface area (Å²) >= 11 is 0. The molecule has 1 aromatic heterocycles. The fourth-order valence-corrected chi connectivity index (χ4v) is 1.70. The molecule has 2 rings (SSSR count). The van der Waals surface area contributed by atoms with Crippen molar-refractivity contribution < 1.29 is 9.15 Å². The van der Waals surface area contributed by atoms with Gasteiger partial charge < -0.3 is 9.15 Å². The van der Waals surface area contributed by atoms with Crippen molar-refractivity contribution in [1.82, 2.24) is 0 Å². The third kappa shape index (κ3) is 2.80. The van der Waals surface area contributed by atoms with Gasteiger partial charge in [0.25, 0.3) is 0 Å². The summed E-state index contributed by atoms with van der Waals surface area (Å²) in [6, 6.07) is 7.04. The van der Waals surface area contributed by atoms with Crippen LogP contribution in [0.4, 0.5) is 0 Å². The van der Waals surface area contributed by atoms with Gasteiger partial charge >= 0.3 is 5.63 Å². The second-order valence-corrected chi connectivity index (χ2v) is 4.50. The number of fused-ring (bicyclic) bond motifs is 1. The summed E-state index contributed by atoms with van der Waals surface area (Å²) in [4.78, 5) is 11.3. The monoisotopic (exact) mass is 244 g/mol. The first-order valence-electron chi connectivity index (χ1n) is 5.87. The number of benzene rings is 1. The van der Waals surface area contributed by atoms with Crippen LogP contribution in [0.1, 0.15) is 19.4 Å². The number of aryl methyl sites for hydroxylation is 1. The first-order chi connectivity index (χ1) is 8.56. The van der Waals surface area contributed by atoms with Gasteiger partial charge in [0.2, 0.25) is 0 Å². The molecular formula is C15H16O3. The van der Waals surface area contributed by atoms with E-state index in [0.29, 0.717) is 17.9 Å². The standard InChI is InChI=1S/C15H16O3/c1-10(2)6-7-17-12-4-5-13-11(3)8-15(16)18-14(13)9-12/h4-6,8-9H,7H2,1-3H3. The summed E-state index contributed by atoms with van der Waals surface area (Å²) in [7, 11) is 0. The third-order valence-electron chi connectivity index (χ3n) is 2.66. The Bertz CT molecular complexity index is 646. The highest BCUT2D eigenvalue weighted by atomic mass is 16.5. The molecule has 0 saturated carbocycles. The van der Waals surface area contributed by atoms with E-state index in [1.165, 1.54) is 11.6 Å². The Morgan fingerprint density at radius 3 is 2.83 bits per heavy atom. The smallest absolute Gasteiger partial charge is 0.336 e. The van der Waals surface area contributed by atoms with E-state index >= 15 is 0 Å². The van der Waals surface area contributed by atoms with Crippen LogP contribution in [0.25, 0.3) is 11.0 Å². The molecule has 0 unspecified atom stereocenters. The van der Waals surface area contributed by atoms with Crippen LogP contribution >= 0.6 is 0 Å². The van der Waals surface area contributed by atoms with Gasteiger partial charge in [-0.25, -0.2) is 4.79 Å². The van der Waals surface area contributed by atoms with Gasteiger partial charge in [0.1, 0.15) is 17.9 Å². The van der Waals surface area contributed by atoms with Crippen LogP contribution in [0.5, 0.6) is 5.75 Å². The van der Waals surface area contributed by atoms with Crippen molar-refractivity contribution in [2.45, 2.75) is 20.8 Å². The molecule has 0 atom stereocenters. The third-order valence-corrected chi connectivity index (χ3v) is 2.66. The molecule has 1 aromatic carbocycles. The van der Waals surface area contributed by atoms with Crippen molar-refractivity contribution in [3.8, 4) is 5.75 Å². The lowest BCUT2D eigenvalue weighted by Crippen LogP contribution is -1.99. The van der Waals surface area contributed by atoms with E-state index in [2.05, 4.69) is 0 Å². The molecule has 0 aliphatic heterocycles. The summed E-state index contributed by atoms with van der Waals surface area (Å²) in [5, 5.41) is 0.934. The molecular weight excluding hydrogens is 228 g/mol. The van der Waals surface area contributed by atoms with Crippen molar-refractivity contribution in [1.29, 1.82) is 0 Å². The van der Waals surface area contributed by atoms with Crippen LogP contribution in [0, 0.1) is 6.92 Å². The zero-order valence-corrected chi connectivity index (χ0v) is 10.8. The molecule has 0 aliphatic rings. The zero-order chi connectivity index (χ0) is 13.1. The van der Waals surface area contributed by atoms with E-state index in [1.807, 2.05) is 39.0 Å². The zero-order valence-electron chi connectivity index (χ0n) is 10.8. The lowest BCUT2D eigenvalue weighted by Gasteiger charge is -2.05. The van der Waals surface area contributed by atoms with E-state index in [-0.39, 0.29) is 5.63 Å². The number of rotatable bonds is 3. The Morgan fingerprint density at radius 2 is 2.11 bits per heavy atom. The van der Waals surface area contributed by atoms with Gasteiger partial charge in [-0.15, -0.1) is 0 Å². The summed E-state index contributed by atoms with van der Waals surface area (Å²) in [5.74, 6) is 0.703. The van der Waals surface area contributed by atoms with E-state index in [0.717, 1.165) is 10.9 Å². The van der Waals surface area contributed by atoms with Crippen molar-refractivity contribution in [3.63, 3.8) is 0 Å². The number of hydrogen-bond donors (Lipinski definition) is 0. The number of hydrogen-bond acceptors (Lipinski definition) is 3. The Kier molecular flexibility index (Phi) is 3.51. The van der Waals surface area contributed by atoms with Gasteiger partial charge in [-0.1, -0.05) is 5.57 Å². The van der Waals surface area contributed by atoms with Crippen LogP contribution in [-0.4, -0.2) is 6.61 Å². The Labute approximate surface area is 106 Å². The predicted molar refractivity (Wildman–Crippen MR) is 72.1 cm³/mol. The fourth-order valence-electron chi connectivity index (χ4n) is 1.70. The minimum Gasteiger partial charge on any atom is -0.489 e. The van der Waals surface area contributed by atoms with E-state index in [4.69, 9.17) is 9.15 Å². The fraction of sp³-hybridized carbons (Fsp3) is 0.267. The second kappa shape index (κ2) is 5.08. The minimum absolute atomic E-state index is 0.332. The average Bonchev–Trinajstić information content (AvgIpc) is 2.27. The highest BCUT2D eigenvalue weighted by Gasteiger charge is 2.03. The molecule has 0 N–H and O–H groups in total. The molecule has 0 amide bonds. The maximum Gasteiger partial charge on any atom is 0.336 e. The predicted octanol–water partition coefficient (Wildman–Crippen LogP) is 3.45. The highest BCUT2D eigenvalue weighted by Crippen LogP contribution is 2.22. The molecule has 0 spiro atoms. The van der Waals surface area contributed by atoms with Crippen LogP contribution in [0.3, 0.4) is 0 Å². The van der Waals surface area contributed by atoms with Crippen LogP contribution in [0.15, 0.2) is 45.1 Å². The second-order valence-electron chi connectivity index (χ2n) is 4.50. The van der Waals surface area contributed by atoms with Crippen LogP contribution < -0.4 is 10.4 Å². The summed E-state index contributed by atoms with van der Waals surface area (Å²) in [6.45, 7) is 6.45. The minimum atomic E-state index is -0.332. The summed E-state index contributed by atoms with van der Waals surface area (Å²) in [6.07, 6.45) is 2.00. The van der Waals surface area contributed by atoms with Crippen molar-refractivity contribution >= 4 is 11.0 Å². The van der Waals surface area contributed by atoms with Crippen molar-refractivity contribution in [2.75, 3.05) is 6.61 Å².